The molecule has 0 aliphatic carbocycles. The van der Waals surface area contributed by atoms with Gasteiger partial charge in [0.05, 0.1) is 0 Å². The first kappa shape index (κ1) is 8.27. The predicted molar refractivity (Wildman–Crippen MR) is 54.3 cm³/mol. The van der Waals surface area contributed by atoms with Crippen LogP contribution >= 0.6 is 15.9 Å². The minimum atomic E-state index is 1.03. The molecule has 1 aliphatic heterocycles. The maximum atomic E-state index is 3.55. The molecule has 1 aliphatic rings. The molecular weight excluding hydrogens is 214 g/mol. The van der Waals surface area contributed by atoms with E-state index in [4.69, 9.17) is 0 Å². The molecule has 1 nitrogen and oxygen atoms in total. The lowest BCUT2D eigenvalue weighted by atomic mass is 9.96. The molecular formula is C10H12BrN. The third kappa shape index (κ3) is 1.29. The van der Waals surface area contributed by atoms with Crippen LogP contribution in [0.3, 0.4) is 0 Å². The van der Waals surface area contributed by atoms with Crippen molar-refractivity contribution < 1.29 is 0 Å². The van der Waals surface area contributed by atoms with Gasteiger partial charge < -0.3 is 5.32 Å². The zero-order chi connectivity index (χ0) is 8.55. The maximum Gasteiger partial charge on any atom is 0.0208 e. The van der Waals surface area contributed by atoms with Gasteiger partial charge in [0.15, 0.2) is 0 Å². The molecule has 0 aromatic heterocycles. The van der Waals surface area contributed by atoms with E-state index in [1.807, 2.05) is 0 Å². The van der Waals surface area contributed by atoms with Crippen molar-refractivity contribution in [3.63, 3.8) is 0 Å². The summed E-state index contributed by atoms with van der Waals surface area (Å²) < 4.78 is 1.24. The molecule has 64 valence electrons. The lowest BCUT2D eigenvalue weighted by Gasteiger charge is -2.19. The largest absolute Gasteiger partial charge is 0.312 e. The van der Waals surface area contributed by atoms with Crippen molar-refractivity contribution in [3.05, 3.63) is 33.3 Å². The van der Waals surface area contributed by atoms with Gasteiger partial charge in [0.25, 0.3) is 0 Å². The Bertz CT molecular complexity index is 307. The normalized spacial score (nSPS) is 15.8. The highest BCUT2D eigenvalue weighted by molar-refractivity contribution is 9.10. The first-order valence-electron chi connectivity index (χ1n) is 4.26. The molecule has 2 rings (SSSR count). The Kier molecular flexibility index (Phi) is 2.20. The van der Waals surface area contributed by atoms with Crippen LogP contribution in [0.15, 0.2) is 16.6 Å². The number of hydrogen-bond acceptors (Lipinski definition) is 1. The van der Waals surface area contributed by atoms with E-state index < -0.39 is 0 Å². The van der Waals surface area contributed by atoms with Crippen molar-refractivity contribution in [1.82, 2.24) is 5.32 Å². The number of hydrogen-bond donors (Lipinski definition) is 1. The summed E-state index contributed by atoms with van der Waals surface area (Å²) in [5.74, 6) is 0. The van der Waals surface area contributed by atoms with Crippen molar-refractivity contribution in [2.24, 2.45) is 0 Å². The minimum absolute atomic E-state index is 1.03. The third-order valence-corrected chi connectivity index (χ3v) is 3.36. The molecule has 0 bridgehead atoms. The van der Waals surface area contributed by atoms with Gasteiger partial charge in [0.2, 0.25) is 0 Å². The van der Waals surface area contributed by atoms with E-state index in [0.29, 0.717) is 0 Å². The second-order valence-corrected chi connectivity index (χ2v) is 4.09. The van der Waals surface area contributed by atoms with Gasteiger partial charge in [0, 0.05) is 11.0 Å². The SMILES string of the molecule is Cc1c(Br)ccc2c1CCNC2. The van der Waals surface area contributed by atoms with E-state index in [9.17, 15) is 0 Å². The van der Waals surface area contributed by atoms with Gasteiger partial charge in [-0.2, -0.15) is 0 Å². The number of benzene rings is 1. The van der Waals surface area contributed by atoms with E-state index in [1.165, 1.54) is 27.6 Å². The summed E-state index contributed by atoms with van der Waals surface area (Å²) in [6.07, 6.45) is 1.17. The van der Waals surface area contributed by atoms with Crippen LogP contribution in [0.25, 0.3) is 0 Å². The summed E-state index contributed by atoms with van der Waals surface area (Å²) >= 11 is 3.55. The van der Waals surface area contributed by atoms with Crippen LogP contribution in [-0.2, 0) is 13.0 Å². The Morgan fingerprint density at radius 2 is 2.25 bits per heavy atom. The quantitative estimate of drug-likeness (QED) is 0.716. The summed E-state index contributed by atoms with van der Waals surface area (Å²) in [6, 6.07) is 4.35. The highest BCUT2D eigenvalue weighted by Gasteiger charge is 2.11. The highest BCUT2D eigenvalue weighted by Crippen LogP contribution is 2.25. The van der Waals surface area contributed by atoms with E-state index in [0.717, 1.165) is 13.1 Å². The summed E-state index contributed by atoms with van der Waals surface area (Å²) in [5, 5.41) is 3.37. The average molecular weight is 226 g/mol. The molecule has 1 N–H and O–H groups in total. The lowest BCUT2D eigenvalue weighted by molar-refractivity contribution is 0.640. The summed E-state index contributed by atoms with van der Waals surface area (Å²) in [5.41, 5.74) is 4.40. The second-order valence-electron chi connectivity index (χ2n) is 3.24. The van der Waals surface area contributed by atoms with Crippen molar-refractivity contribution in [3.8, 4) is 0 Å². The predicted octanol–water partition coefficient (Wildman–Crippen LogP) is 2.40. The van der Waals surface area contributed by atoms with Crippen LogP contribution in [0.5, 0.6) is 0 Å². The molecule has 1 aromatic carbocycles. The Balaban J connectivity index is 2.54. The molecule has 0 saturated heterocycles. The average Bonchev–Trinajstić information content (AvgIpc) is 2.12. The van der Waals surface area contributed by atoms with Crippen molar-refractivity contribution >= 4 is 15.9 Å². The van der Waals surface area contributed by atoms with Gasteiger partial charge in [-0.3, -0.25) is 0 Å². The van der Waals surface area contributed by atoms with Crippen LogP contribution < -0.4 is 5.32 Å². The Morgan fingerprint density at radius 3 is 3.08 bits per heavy atom. The smallest absolute Gasteiger partial charge is 0.0208 e. The van der Waals surface area contributed by atoms with Crippen LogP contribution in [0.1, 0.15) is 16.7 Å². The highest BCUT2D eigenvalue weighted by atomic mass is 79.9. The molecule has 12 heavy (non-hydrogen) atoms. The van der Waals surface area contributed by atoms with E-state index >= 15 is 0 Å². The standard InChI is InChI=1S/C10H12BrN/c1-7-9-4-5-12-6-8(9)2-3-10(7)11/h2-3,12H,4-6H2,1H3. The zero-order valence-corrected chi connectivity index (χ0v) is 8.74. The van der Waals surface area contributed by atoms with Crippen molar-refractivity contribution in [1.29, 1.82) is 0 Å². The summed E-state index contributed by atoms with van der Waals surface area (Å²) in [4.78, 5) is 0. The Labute approximate surface area is 81.3 Å². The molecule has 0 unspecified atom stereocenters. The Morgan fingerprint density at radius 1 is 1.42 bits per heavy atom. The summed E-state index contributed by atoms with van der Waals surface area (Å²) in [7, 11) is 0. The van der Waals surface area contributed by atoms with Gasteiger partial charge in [-0.1, -0.05) is 22.0 Å². The van der Waals surface area contributed by atoms with Crippen LogP contribution in [0.2, 0.25) is 0 Å². The molecule has 0 saturated carbocycles. The molecule has 0 fully saturated rings. The lowest BCUT2D eigenvalue weighted by Crippen LogP contribution is -2.24. The van der Waals surface area contributed by atoms with Gasteiger partial charge in [-0.15, -0.1) is 0 Å². The fourth-order valence-electron chi connectivity index (χ4n) is 1.73. The molecule has 1 heterocycles. The zero-order valence-electron chi connectivity index (χ0n) is 7.15. The molecule has 2 heteroatoms. The second kappa shape index (κ2) is 3.19. The topological polar surface area (TPSA) is 12.0 Å². The van der Waals surface area contributed by atoms with E-state index in [-0.39, 0.29) is 0 Å². The van der Waals surface area contributed by atoms with Crippen molar-refractivity contribution in [2.75, 3.05) is 6.54 Å². The van der Waals surface area contributed by atoms with Crippen LogP contribution in [-0.4, -0.2) is 6.54 Å². The molecule has 0 atom stereocenters. The van der Waals surface area contributed by atoms with Crippen LogP contribution in [0.4, 0.5) is 0 Å². The fraction of sp³-hybridized carbons (Fsp3) is 0.400. The fourth-order valence-corrected chi connectivity index (χ4v) is 2.11. The summed E-state index contributed by atoms with van der Waals surface area (Å²) in [6.45, 7) is 4.34. The van der Waals surface area contributed by atoms with Gasteiger partial charge in [-0.25, -0.2) is 0 Å². The van der Waals surface area contributed by atoms with Gasteiger partial charge in [0.1, 0.15) is 0 Å². The molecule has 0 spiro atoms. The third-order valence-electron chi connectivity index (χ3n) is 2.50. The van der Waals surface area contributed by atoms with Gasteiger partial charge in [-0.05, 0) is 42.6 Å². The minimum Gasteiger partial charge on any atom is -0.312 e. The monoisotopic (exact) mass is 225 g/mol. The van der Waals surface area contributed by atoms with Gasteiger partial charge >= 0.3 is 0 Å². The molecule has 0 radical (unpaired) electrons. The number of fused-ring (bicyclic) bond motifs is 1. The van der Waals surface area contributed by atoms with Crippen LogP contribution in [0, 0.1) is 6.92 Å². The van der Waals surface area contributed by atoms with Crippen molar-refractivity contribution in [2.45, 2.75) is 19.9 Å². The Hall–Kier alpha value is -0.340. The van der Waals surface area contributed by atoms with E-state index in [2.05, 4.69) is 40.3 Å². The number of halogens is 1. The first-order valence-corrected chi connectivity index (χ1v) is 5.06. The molecule has 1 aromatic rings. The first-order chi connectivity index (χ1) is 5.79. The number of rotatable bonds is 0. The van der Waals surface area contributed by atoms with E-state index in [1.54, 1.807) is 0 Å². The molecule has 0 amide bonds. The maximum absolute atomic E-state index is 3.55. The number of nitrogens with one attached hydrogen (secondary N) is 1.